The molecule has 0 aliphatic heterocycles. The van der Waals surface area contributed by atoms with Gasteiger partial charge in [0.05, 0.1) is 15.9 Å². The van der Waals surface area contributed by atoms with Crippen molar-refractivity contribution in [2.24, 2.45) is 0 Å². The van der Waals surface area contributed by atoms with Crippen molar-refractivity contribution in [3.8, 4) is 11.4 Å². The molecule has 0 spiro atoms. The standard InChI is InChI=1S/C15H10ClN3O3/c16-11-4-2-1-3-9(11)13-17-12-7-8(14(20)19-22)5-6-10(12)15(21)18-13/h1-7,22H,(H,19,20)(H,17,18,21). The van der Waals surface area contributed by atoms with Gasteiger partial charge < -0.3 is 4.98 Å². The van der Waals surface area contributed by atoms with E-state index < -0.39 is 5.91 Å². The maximum Gasteiger partial charge on any atom is 0.274 e. The van der Waals surface area contributed by atoms with Crippen LogP contribution in [0.1, 0.15) is 10.4 Å². The fraction of sp³-hybridized carbons (Fsp3) is 0. The normalized spacial score (nSPS) is 10.6. The van der Waals surface area contributed by atoms with Crippen molar-refractivity contribution in [2.75, 3.05) is 0 Å². The van der Waals surface area contributed by atoms with E-state index in [1.165, 1.54) is 18.2 Å². The lowest BCUT2D eigenvalue weighted by molar-refractivity contribution is 0.0706. The molecule has 7 heteroatoms. The number of amides is 1. The summed E-state index contributed by atoms with van der Waals surface area (Å²) in [5.74, 6) is -0.368. The third-order valence-corrected chi connectivity index (χ3v) is 3.53. The SMILES string of the molecule is O=C(NO)c1ccc2c(=O)[nH]c(-c3ccccc3Cl)nc2c1. The van der Waals surface area contributed by atoms with E-state index in [1.54, 1.807) is 29.7 Å². The summed E-state index contributed by atoms with van der Waals surface area (Å²) in [6.45, 7) is 0. The number of aromatic nitrogens is 2. The Morgan fingerprint density at radius 1 is 1.23 bits per heavy atom. The van der Waals surface area contributed by atoms with Crippen molar-refractivity contribution in [1.29, 1.82) is 0 Å². The number of aromatic amines is 1. The van der Waals surface area contributed by atoms with E-state index in [2.05, 4.69) is 9.97 Å². The molecule has 0 saturated carbocycles. The van der Waals surface area contributed by atoms with E-state index in [1.807, 2.05) is 0 Å². The molecule has 0 aliphatic carbocycles. The van der Waals surface area contributed by atoms with Gasteiger partial charge in [-0.2, -0.15) is 0 Å². The van der Waals surface area contributed by atoms with Crippen LogP contribution in [0.2, 0.25) is 5.02 Å². The molecule has 1 heterocycles. The van der Waals surface area contributed by atoms with E-state index in [0.29, 0.717) is 27.3 Å². The molecule has 0 saturated heterocycles. The van der Waals surface area contributed by atoms with Gasteiger partial charge in [-0.05, 0) is 30.3 Å². The van der Waals surface area contributed by atoms with Crippen LogP contribution >= 0.6 is 11.6 Å². The van der Waals surface area contributed by atoms with E-state index in [-0.39, 0.29) is 11.1 Å². The highest BCUT2D eigenvalue weighted by molar-refractivity contribution is 6.33. The number of nitrogens with zero attached hydrogens (tertiary/aromatic N) is 1. The van der Waals surface area contributed by atoms with Crippen LogP contribution in [0.15, 0.2) is 47.3 Å². The van der Waals surface area contributed by atoms with Crippen LogP contribution in [0, 0.1) is 0 Å². The van der Waals surface area contributed by atoms with Gasteiger partial charge in [-0.1, -0.05) is 23.7 Å². The molecule has 2 aromatic carbocycles. The Bertz CT molecular complexity index is 937. The Morgan fingerprint density at radius 3 is 2.73 bits per heavy atom. The number of fused-ring (bicyclic) bond motifs is 1. The number of rotatable bonds is 2. The molecular formula is C15H10ClN3O3. The van der Waals surface area contributed by atoms with Gasteiger partial charge in [-0.15, -0.1) is 0 Å². The molecule has 3 rings (SSSR count). The maximum absolute atomic E-state index is 12.1. The van der Waals surface area contributed by atoms with Gasteiger partial charge in [-0.25, -0.2) is 10.5 Å². The molecule has 110 valence electrons. The summed E-state index contributed by atoms with van der Waals surface area (Å²) >= 11 is 6.11. The number of benzene rings is 2. The van der Waals surface area contributed by atoms with Crippen molar-refractivity contribution < 1.29 is 10.0 Å². The van der Waals surface area contributed by atoms with Crippen LogP contribution in [0.4, 0.5) is 0 Å². The third-order valence-electron chi connectivity index (χ3n) is 3.20. The Morgan fingerprint density at radius 2 is 2.00 bits per heavy atom. The second-order valence-corrected chi connectivity index (χ2v) is 4.97. The zero-order valence-electron chi connectivity index (χ0n) is 11.1. The molecule has 0 unspecified atom stereocenters. The van der Waals surface area contributed by atoms with Crippen LogP contribution in [-0.4, -0.2) is 21.1 Å². The molecule has 3 N–H and O–H groups in total. The second-order valence-electron chi connectivity index (χ2n) is 4.57. The van der Waals surface area contributed by atoms with Gasteiger partial charge in [0.15, 0.2) is 0 Å². The van der Waals surface area contributed by atoms with Crippen molar-refractivity contribution in [3.63, 3.8) is 0 Å². The van der Waals surface area contributed by atoms with E-state index >= 15 is 0 Å². The quantitative estimate of drug-likeness (QED) is 0.500. The van der Waals surface area contributed by atoms with Gasteiger partial charge >= 0.3 is 0 Å². The molecular weight excluding hydrogens is 306 g/mol. The Hall–Kier alpha value is -2.70. The lowest BCUT2D eigenvalue weighted by Crippen LogP contribution is -2.19. The van der Waals surface area contributed by atoms with Gasteiger partial charge in [0, 0.05) is 11.1 Å². The number of carbonyl (C=O) groups is 1. The lowest BCUT2D eigenvalue weighted by atomic mass is 10.1. The smallest absolute Gasteiger partial charge is 0.274 e. The number of H-pyrrole nitrogens is 1. The summed E-state index contributed by atoms with van der Waals surface area (Å²) in [5, 5.41) is 9.47. The number of hydrogen-bond donors (Lipinski definition) is 3. The fourth-order valence-corrected chi connectivity index (χ4v) is 2.35. The average molecular weight is 316 g/mol. The lowest BCUT2D eigenvalue weighted by Gasteiger charge is -2.06. The summed E-state index contributed by atoms with van der Waals surface area (Å²) < 4.78 is 0. The largest absolute Gasteiger partial charge is 0.306 e. The summed E-state index contributed by atoms with van der Waals surface area (Å²) in [7, 11) is 0. The molecule has 1 amide bonds. The number of carbonyl (C=O) groups excluding carboxylic acids is 1. The summed E-state index contributed by atoms with van der Waals surface area (Å²) in [6, 6.07) is 11.3. The number of nitrogens with one attached hydrogen (secondary N) is 2. The predicted octanol–water partition coefficient (Wildman–Crippen LogP) is 2.36. The Labute approximate surface area is 129 Å². The number of hydrogen-bond acceptors (Lipinski definition) is 4. The van der Waals surface area contributed by atoms with Crippen LogP contribution < -0.4 is 11.0 Å². The predicted molar refractivity (Wildman–Crippen MR) is 82.1 cm³/mol. The maximum atomic E-state index is 12.1. The van der Waals surface area contributed by atoms with Gasteiger partial charge in [0.1, 0.15) is 5.82 Å². The summed E-state index contributed by atoms with van der Waals surface area (Å²) in [5.41, 5.74) is 2.31. The van der Waals surface area contributed by atoms with Gasteiger partial charge in [0.2, 0.25) is 0 Å². The van der Waals surface area contributed by atoms with Crippen LogP contribution in [0.5, 0.6) is 0 Å². The Balaban J connectivity index is 2.24. The van der Waals surface area contributed by atoms with Gasteiger partial charge in [0.25, 0.3) is 11.5 Å². The van der Waals surface area contributed by atoms with E-state index in [4.69, 9.17) is 16.8 Å². The van der Waals surface area contributed by atoms with Crippen molar-refractivity contribution in [2.45, 2.75) is 0 Å². The zero-order chi connectivity index (χ0) is 15.7. The van der Waals surface area contributed by atoms with Crippen molar-refractivity contribution >= 4 is 28.4 Å². The van der Waals surface area contributed by atoms with E-state index in [9.17, 15) is 9.59 Å². The molecule has 0 bridgehead atoms. The van der Waals surface area contributed by atoms with Crippen molar-refractivity contribution in [1.82, 2.24) is 15.4 Å². The first kappa shape index (κ1) is 14.2. The molecule has 3 aromatic rings. The summed E-state index contributed by atoms with van der Waals surface area (Å²) in [6.07, 6.45) is 0. The van der Waals surface area contributed by atoms with Gasteiger partial charge in [-0.3, -0.25) is 14.8 Å². The first-order chi connectivity index (χ1) is 10.6. The fourth-order valence-electron chi connectivity index (χ4n) is 2.13. The van der Waals surface area contributed by atoms with Crippen LogP contribution in [-0.2, 0) is 0 Å². The monoisotopic (exact) mass is 315 g/mol. The van der Waals surface area contributed by atoms with E-state index in [0.717, 1.165) is 0 Å². The first-order valence-corrected chi connectivity index (χ1v) is 6.71. The highest BCUT2D eigenvalue weighted by Crippen LogP contribution is 2.24. The minimum Gasteiger partial charge on any atom is -0.306 e. The zero-order valence-corrected chi connectivity index (χ0v) is 11.9. The minimum atomic E-state index is -0.678. The Kier molecular flexibility index (Phi) is 3.62. The molecule has 0 aliphatic rings. The highest BCUT2D eigenvalue weighted by Gasteiger charge is 2.11. The number of hydroxylamine groups is 1. The molecule has 0 atom stereocenters. The summed E-state index contributed by atoms with van der Waals surface area (Å²) in [4.78, 5) is 30.6. The van der Waals surface area contributed by atoms with Crippen LogP contribution in [0.25, 0.3) is 22.3 Å². The average Bonchev–Trinajstić information content (AvgIpc) is 2.54. The highest BCUT2D eigenvalue weighted by atomic mass is 35.5. The third kappa shape index (κ3) is 2.45. The number of halogens is 1. The van der Waals surface area contributed by atoms with Crippen molar-refractivity contribution in [3.05, 3.63) is 63.4 Å². The second kappa shape index (κ2) is 5.59. The molecule has 6 nitrogen and oxygen atoms in total. The molecule has 0 fully saturated rings. The molecule has 0 radical (unpaired) electrons. The van der Waals surface area contributed by atoms with Crippen LogP contribution in [0.3, 0.4) is 0 Å². The topological polar surface area (TPSA) is 95.1 Å². The first-order valence-electron chi connectivity index (χ1n) is 6.33. The molecule has 1 aromatic heterocycles. The minimum absolute atomic E-state index is 0.193. The molecule has 22 heavy (non-hydrogen) atoms.